The monoisotopic (exact) mass is 289 g/mol. The van der Waals surface area contributed by atoms with E-state index < -0.39 is 23.8 Å². The van der Waals surface area contributed by atoms with Crippen LogP contribution in [0.15, 0.2) is 16.8 Å². The summed E-state index contributed by atoms with van der Waals surface area (Å²) in [6, 6.07) is 1.10. The largest absolute Gasteiger partial charge is 0.464 e. The van der Waals surface area contributed by atoms with Gasteiger partial charge in [-0.25, -0.2) is 9.18 Å². The lowest BCUT2D eigenvalue weighted by molar-refractivity contribution is -0.150. The summed E-state index contributed by atoms with van der Waals surface area (Å²) in [6.07, 6.45) is -1.74. The van der Waals surface area contributed by atoms with Crippen molar-refractivity contribution in [1.29, 1.82) is 0 Å². The molecule has 0 aliphatic heterocycles. The van der Waals surface area contributed by atoms with Crippen molar-refractivity contribution >= 4 is 17.3 Å². The molecule has 2 N–H and O–H groups in total. The predicted octanol–water partition coefficient (Wildman–Crippen LogP) is 1.83. The highest BCUT2D eigenvalue weighted by Gasteiger charge is 2.29. The lowest BCUT2D eigenvalue weighted by Crippen LogP contribution is -2.46. The second-order valence-corrected chi connectivity index (χ2v) is 5.39. The van der Waals surface area contributed by atoms with Crippen LogP contribution in [-0.2, 0) is 15.1 Å². The van der Waals surface area contributed by atoms with Crippen molar-refractivity contribution in [2.75, 3.05) is 13.2 Å². The van der Waals surface area contributed by atoms with Crippen molar-refractivity contribution in [2.45, 2.75) is 38.6 Å². The van der Waals surface area contributed by atoms with Crippen molar-refractivity contribution in [3.8, 4) is 0 Å². The Kier molecular flexibility index (Phi) is 5.90. The fourth-order valence-corrected chi connectivity index (χ4v) is 2.34. The van der Waals surface area contributed by atoms with Crippen LogP contribution in [-0.4, -0.2) is 36.4 Å². The van der Waals surface area contributed by atoms with Gasteiger partial charge in [-0.3, -0.25) is 0 Å². The number of carbonyl (C=O) groups is 1. The summed E-state index contributed by atoms with van der Waals surface area (Å²) < 4.78 is 18.3. The third-order valence-electron chi connectivity index (χ3n) is 2.86. The average molecular weight is 289 g/mol. The van der Waals surface area contributed by atoms with E-state index in [2.05, 4.69) is 10.1 Å². The summed E-state index contributed by atoms with van der Waals surface area (Å²) in [5.41, 5.74) is -0.327. The quantitative estimate of drug-likeness (QED) is 0.752. The molecule has 108 valence electrons. The molecule has 1 rings (SSSR count). The molecule has 0 aromatic carbocycles. The maximum atomic E-state index is 13.7. The van der Waals surface area contributed by atoms with Gasteiger partial charge in [-0.1, -0.05) is 0 Å². The highest BCUT2D eigenvalue weighted by Crippen LogP contribution is 2.22. The smallest absolute Gasteiger partial charge is 0.342 e. The van der Waals surface area contributed by atoms with Gasteiger partial charge in [0.2, 0.25) is 6.17 Å². The zero-order chi connectivity index (χ0) is 14.5. The number of esters is 1. The molecule has 6 heteroatoms. The van der Waals surface area contributed by atoms with Gasteiger partial charge in [0.1, 0.15) is 0 Å². The van der Waals surface area contributed by atoms with Crippen molar-refractivity contribution in [2.24, 2.45) is 0 Å². The van der Waals surface area contributed by atoms with Crippen LogP contribution in [0.25, 0.3) is 0 Å². The maximum Gasteiger partial charge on any atom is 0.342 e. The van der Waals surface area contributed by atoms with Gasteiger partial charge in [-0.15, -0.1) is 0 Å². The van der Waals surface area contributed by atoms with Gasteiger partial charge in [-0.2, -0.15) is 11.3 Å². The number of rotatable bonds is 7. The minimum Gasteiger partial charge on any atom is -0.464 e. The second-order valence-electron chi connectivity index (χ2n) is 4.61. The number of thiophene rings is 1. The number of carbonyl (C=O) groups excluding carboxylic acids is 1. The normalized spacial score (nSPS) is 17.5. The van der Waals surface area contributed by atoms with Crippen LogP contribution in [0.3, 0.4) is 0 Å². The van der Waals surface area contributed by atoms with Crippen LogP contribution in [0.1, 0.15) is 26.3 Å². The molecule has 1 heterocycles. The maximum absolute atomic E-state index is 13.7. The Morgan fingerprint density at radius 2 is 2.37 bits per heavy atom. The molecule has 19 heavy (non-hydrogen) atoms. The first-order valence-corrected chi connectivity index (χ1v) is 7.12. The van der Waals surface area contributed by atoms with Crippen LogP contribution < -0.4 is 5.32 Å². The fraction of sp³-hybridized carbons (Fsp3) is 0.615. The molecular weight excluding hydrogens is 269 g/mol. The number of aliphatic hydroxyl groups is 1. The number of ether oxygens (including phenoxy) is 1. The number of hydrogen-bond acceptors (Lipinski definition) is 5. The Morgan fingerprint density at radius 3 is 2.89 bits per heavy atom. The summed E-state index contributed by atoms with van der Waals surface area (Å²) in [5.74, 6) is -0.877. The van der Waals surface area contributed by atoms with Crippen molar-refractivity contribution in [3.63, 3.8) is 0 Å². The minimum atomic E-state index is -1.74. The van der Waals surface area contributed by atoms with Crippen molar-refractivity contribution in [3.05, 3.63) is 22.4 Å². The van der Waals surface area contributed by atoms with Gasteiger partial charge in [0.15, 0.2) is 0 Å². The SMILES string of the molecule is CCOC(=O)C(F)C(C)NCC(C)(O)c1ccsc1. The molecule has 0 aliphatic rings. The third kappa shape index (κ3) is 4.56. The van der Waals surface area contributed by atoms with E-state index in [1.807, 2.05) is 16.8 Å². The molecule has 0 bridgehead atoms. The van der Waals surface area contributed by atoms with Crippen molar-refractivity contribution < 1.29 is 19.0 Å². The zero-order valence-electron chi connectivity index (χ0n) is 11.4. The van der Waals surface area contributed by atoms with E-state index >= 15 is 0 Å². The Morgan fingerprint density at radius 1 is 1.68 bits per heavy atom. The summed E-state index contributed by atoms with van der Waals surface area (Å²) in [7, 11) is 0. The summed E-state index contributed by atoms with van der Waals surface area (Å²) in [4.78, 5) is 11.2. The van der Waals surface area contributed by atoms with Crippen LogP contribution in [0.2, 0.25) is 0 Å². The topological polar surface area (TPSA) is 58.6 Å². The first-order valence-electron chi connectivity index (χ1n) is 6.17. The Labute approximate surface area is 116 Å². The first kappa shape index (κ1) is 16.1. The molecule has 0 aliphatic carbocycles. The van der Waals surface area contributed by atoms with Crippen LogP contribution in [0.5, 0.6) is 0 Å². The molecule has 0 saturated heterocycles. The summed E-state index contributed by atoms with van der Waals surface area (Å²) in [6.45, 7) is 5.13. The lowest BCUT2D eigenvalue weighted by Gasteiger charge is -2.26. The molecule has 4 nitrogen and oxygen atoms in total. The van der Waals surface area contributed by atoms with Gasteiger partial charge in [0.05, 0.1) is 12.2 Å². The Hall–Kier alpha value is -0.980. The number of hydrogen-bond donors (Lipinski definition) is 2. The van der Waals surface area contributed by atoms with Crippen molar-refractivity contribution in [1.82, 2.24) is 5.32 Å². The first-order chi connectivity index (χ1) is 8.88. The van der Waals surface area contributed by atoms with Gasteiger partial charge in [0.25, 0.3) is 0 Å². The van der Waals surface area contributed by atoms with E-state index in [0.29, 0.717) is 0 Å². The highest BCUT2D eigenvalue weighted by molar-refractivity contribution is 7.08. The van der Waals surface area contributed by atoms with E-state index in [1.54, 1.807) is 20.8 Å². The summed E-state index contributed by atoms with van der Waals surface area (Å²) >= 11 is 1.48. The third-order valence-corrected chi connectivity index (χ3v) is 3.55. The number of halogens is 1. The van der Waals surface area contributed by atoms with Gasteiger partial charge < -0.3 is 15.2 Å². The van der Waals surface area contributed by atoms with Gasteiger partial charge in [-0.05, 0) is 43.2 Å². The van der Waals surface area contributed by atoms with Gasteiger partial charge in [0, 0.05) is 12.6 Å². The molecule has 0 radical (unpaired) electrons. The van der Waals surface area contributed by atoms with E-state index in [9.17, 15) is 14.3 Å². The van der Waals surface area contributed by atoms with Gasteiger partial charge >= 0.3 is 5.97 Å². The standard InChI is InChI=1S/C13H20FNO3S/c1-4-18-12(16)11(14)9(2)15-8-13(3,17)10-5-6-19-7-10/h5-7,9,11,15,17H,4,8H2,1-3H3. The highest BCUT2D eigenvalue weighted by atomic mass is 32.1. The molecule has 3 unspecified atom stereocenters. The molecule has 0 amide bonds. The number of nitrogens with one attached hydrogen (secondary N) is 1. The van der Waals surface area contributed by atoms with E-state index in [0.717, 1.165) is 5.56 Å². The van der Waals surface area contributed by atoms with Crippen LogP contribution in [0, 0.1) is 0 Å². The van der Waals surface area contributed by atoms with E-state index in [4.69, 9.17) is 0 Å². The van der Waals surface area contributed by atoms with E-state index in [-0.39, 0.29) is 13.2 Å². The zero-order valence-corrected chi connectivity index (χ0v) is 12.2. The molecule has 1 aromatic rings. The fourth-order valence-electron chi connectivity index (χ4n) is 1.56. The lowest BCUT2D eigenvalue weighted by atomic mass is 9.99. The molecule has 0 fully saturated rings. The number of alkyl halides is 1. The Balaban J connectivity index is 2.49. The molecular formula is C13H20FNO3S. The predicted molar refractivity (Wildman–Crippen MR) is 72.9 cm³/mol. The van der Waals surface area contributed by atoms with E-state index in [1.165, 1.54) is 11.3 Å². The minimum absolute atomic E-state index is 0.151. The second kappa shape index (κ2) is 6.98. The molecule has 0 saturated carbocycles. The molecule has 3 atom stereocenters. The average Bonchev–Trinajstić information content (AvgIpc) is 2.90. The summed E-state index contributed by atoms with van der Waals surface area (Å²) in [5, 5.41) is 16.8. The Bertz CT molecular complexity index is 395. The molecule has 1 aromatic heterocycles. The molecule has 0 spiro atoms. The van der Waals surface area contributed by atoms with Crippen LogP contribution in [0.4, 0.5) is 4.39 Å². The van der Waals surface area contributed by atoms with Crippen LogP contribution >= 0.6 is 11.3 Å².